The van der Waals surface area contributed by atoms with Crippen molar-refractivity contribution >= 4 is 20.5 Å². The summed E-state index contributed by atoms with van der Waals surface area (Å²) in [5.74, 6) is -0.310. The van der Waals surface area contributed by atoms with Crippen molar-refractivity contribution in [3.8, 4) is 0 Å². The first-order valence-electron chi connectivity index (χ1n) is 6.84. The van der Waals surface area contributed by atoms with E-state index in [-0.39, 0.29) is 24.3 Å². The molecule has 0 fully saturated rings. The fraction of sp³-hybridized carbons (Fsp3) is 0.846. The largest absolute Gasteiger partial charge is 0.413 e. The average molecular weight is 273 g/mol. The Bertz CT molecular complexity index is 259. The van der Waals surface area contributed by atoms with Gasteiger partial charge < -0.3 is 15.0 Å². The normalized spacial score (nSPS) is 15.1. The third-order valence-corrected chi connectivity index (χ3v) is 8.51. The molecule has 0 aromatic rings. The molecule has 5 heteroatoms. The molecule has 0 rings (SSSR count). The quantitative estimate of drug-likeness (QED) is 0.491. The number of nitrogens with two attached hydrogens (primary N) is 1. The molecule has 0 aliphatic heterocycles. The highest BCUT2D eigenvalue weighted by atomic mass is 28.4. The van der Waals surface area contributed by atoms with Gasteiger partial charge in [-0.2, -0.15) is 0 Å². The summed E-state index contributed by atoms with van der Waals surface area (Å²) in [6, 6.07) is 3.09. The van der Waals surface area contributed by atoms with Crippen molar-refractivity contribution in [2.45, 2.75) is 64.8 Å². The second kappa shape index (κ2) is 8.42. The molecule has 0 aliphatic rings. The summed E-state index contributed by atoms with van der Waals surface area (Å²) < 4.78 is 6.29. The lowest BCUT2D eigenvalue weighted by Gasteiger charge is -2.35. The predicted octanol–water partition coefficient (Wildman–Crippen LogP) is 2.48. The van der Waals surface area contributed by atoms with E-state index in [1.165, 1.54) is 0 Å². The third kappa shape index (κ3) is 5.31. The van der Waals surface area contributed by atoms with Crippen molar-refractivity contribution in [1.29, 1.82) is 0 Å². The SMILES string of the molecule is CC[Si](CC)(CC)O[C@@H](CC(N)=O)[C@H](C)CC=O. The van der Waals surface area contributed by atoms with E-state index in [9.17, 15) is 9.59 Å². The first-order chi connectivity index (χ1) is 8.44. The Kier molecular flexibility index (Phi) is 8.10. The lowest BCUT2D eigenvalue weighted by atomic mass is 9.99. The first-order valence-corrected chi connectivity index (χ1v) is 9.37. The van der Waals surface area contributed by atoms with E-state index in [4.69, 9.17) is 10.2 Å². The Morgan fingerprint density at radius 3 is 2.11 bits per heavy atom. The van der Waals surface area contributed by atoms with Gasteiger partial charge in [0.15, 0.2) is 8.32 Å². The molecule has 0 aromatic heterocycles. The van der Waals surface area contributed by atoms with Crippen LogP contribution in [0.15, 0.2) is 0 Å². The van der Waals surface area contributed by atoms with Gasteiger partial charge in [0.1, 0.15) is 6.29 Å². The highest BCUT2D eigenvalue weighted by Crippen LogP contribution is 2.27. The Hall–Kier alpha value is -0.683. The number of carbonyl (C=O) groups is 2. The molecular formula is C13H27NO3Si. The van der Waals surface area contributed by atoms with Crippen LogP contribution in [-0.2, 0) is 14.0 Å². The second-order valence-corrected chi connectivity index (χ2v) is 9.67. The Morgan fingerprint density at radius 2 is 1.78 bits per heavy atom. The van der Waals surface area contributed by atoms with E-state index >= 15 is 0 Å². The summed E-state index contributed by atoms with van der Waals surface area (Å²) in [5, 5.41) is 0. The molecule has 0 aliphatic carbocycles. The maximum atomic E-state index is 11.1. The van der Waals surface area contributed by atoms with Gasteiger partial charge in [-0.3, -0.25) is 4.79 Å². The third-order valence-electron chi connectivity index (χ3n) is 3.84. The van der Waals surface area contributed by atoms with Crippen molar-refractivity contribution in [2.75, 3.05) is 0 Å². The fourth-order valence-corrected chi connectivity index (χ4v) is 5.14. The number of amides is 1. The zero-order valence-corrected chi connectivity index (χ0v) is 13.1. The molecule has 0 saturated carbocycles. The van der Waals surface area contributed by atoms with Crippen LogP contribution in [-0.4, -0.2) is 26.6 Å². The zero-order valence-electron chi connectivity index (χ0n) is 12.1. The van der Waals surface area contributed by atoms with Crippen LogP contribution in [0.25, 0.3) is 0 Å². The molecule has 0 saturated heterocycles. The summed E-state index contributed by atoms with van der Waals surface area (Å²) in [6.45, 7) is 8.38. The van der Waals surface area contributed by atoms with Gasteiger partial charge in [0.25, 0.3) is 0 Å². The van der Waals surface area contributed by atoms with Gasteiger partial charge in [-0.1, -0.05) is 27.7 Å². The van der Waals surface area contributed by atoms with Crippen LogP contribution in [0.5, 0.6) is 0 Å². The number of aldehydes is 1. The van der Waals surface area contributed by atoms with Gasteiger partial charge in [0, 0.05) is 6.42 Å². The molecular weight excluding hydrogens is 246 g/mol. The van der Waals surface area contributed by atoms with Crippen molar-refractivity contribution in [3.05, 3.63) is 0 Å². The first kappa shape index (κ1) is 17.3. The number of hydrogen-bond donors (Lipinski definition) is 1. The molecule has 0 heterocycles. The lowest BCUT2D eigenvalue weighted by molar-refractivity contribution is -0.121. The lowest BCUT2D eigenvalue weighted by Crippen LogP contribution is -2.43. The summed E-state index contributed by atoms with van der Waals surface area (Å²) >= 11 is 0. The van der Waals surface area contributed by atoms with Gasteiger partial charge in [-0.05, 0) is 24.1 Å². The molecule has 0 spiro atoms. The maximum Gasteiger partial charge on any atom is 0.219 e. The van der Waals surface area contributed by atoms with Crippen LogP contribution in [0.1, 0.15) is 40.5 Å². The van der Waals surface area contributed by atoms with Crippen molar-refractivity contribution in [3.63, 3.8) is 0 Å². The number of rotatable bonds is 10. The van der Waals surface area contributed by atoms with Crippen molar-refractivity contribution < 1.29 is 14.0 Å². The Balaban J connectivity index is 4.84. The van der Waals surface area contributed by atoms with E-state index in [2.05, 4.69) is 20.8 Å². The van der Waals surface area contributed by atoms with E-state index in [0.717, 1.165) is 24.4 Å². The van der Waals surface area contributed by atoms with Crippen LogP contribution in [0.2, 0.25) is 18.1 Å². The molecule has 18 heavy (non-hydrogen) atoms. The van der Waals surface area contributed by atoms with Crippen LogP contribution in [0, 0.1) is 5.92 Å². The second-order valence-electron chi connectivity index (χ2n) is 4.95. The minimum Gasteiger partial charge on any atom is -0.413 e. The Labute approximate surface area is 111 Å². The highest BCUT2D eigenvalue weighted by molar-refractivity contribution is 6.73. The maximum absolute atomic E-state index is 11.1. The van der Waals surface area contributed by atoms with E-state index in [1.807, 2.05) is 6.92 Å². The highest BCUT2D eigenvalue weighted by Gasteiger charge is 2.34. The molecule has 0 unspecified atom stereocenters. The van der Waals surface area contributed by atoms with Gasteiger partial charge in [0.2, 0.25) is 5.91 Å². The van der Waals surface area contributed by atoms with Gasteiger partial charge in [-0.15, -0.1) is 0 Å². The minimum atomic E-state index is -1.76. The van der Waals surface area contributed by atoms with Crippen LogP contribution >= 0.6 is 0 Å². The summed E-state index contributed by atoms with van der Waals surface area (Å²) in [5.41, 5.74) is 5.28. The molecule has 2 atom stereocenters. The molecule has 2 N–H and O–H groups in total. The molecule has 4 nitrogen and oxygen atoms in total. The Morgan fingerprint density at radius 1 is 1.28 bits per heavy atom. The minimum absolute atomic E-state index is 0.0477. The fourth-order valence-electron chi connectivity index (χ4n) is 2.18. The predicted molar refractivity (Wildman–Crippen MR) is 75.7 cm³/mol. The van der Waals surface area contributed by atoms with Crippen molar-refractivity contribution in [1.82, 2.24) is 0 Å². The van der Waals surface area contributed by atoms with E-state index in [0.29, 0.717) is 6.42 Å². The van der Waals surface area contributed by atoms with Gasteiger partial charge in [0.05, 0.1) is 12.5 Å². The average Bonchev–Trinajstić information content (AvgIpc) is 2.34. The zero-order chi connectivity index (χ0) is 14.2. The van der Waals surface area contributed by atoms with Crippen LogP contribution in [0.4, 0.5) is 0 Å². The topological polar surface area (TPSA) is 69.4 Å². The van der Waals surface area contributed by atoms with Crippen LogP contribution < -0.4 is 5.73 Å². The smallest absolute Gasteiger partial charge is 0.219 e. The standard InChI is InChI=1S/C13H27NO3Si/c1-5-18(6-2,7-3)17-12(10-13(14)16)11(4)8-9-15/h9,11-12H,5-8,10H2,1-4H3,(H2,14,16)/t11-,12+/m1/s1. The molecule has 1 amide bonds. The van der Waals surface area contributed by atoms with Crippen molar-refractivity contribution in [2.24, 2.45) is 11.7 Å². The van der Waals surface area contributed by atoms with Gasteiger partial charge >= 0.3 is 0 Å². The van der Waals surface area contributed by atoms with E-state index < -0.39 is 8.32 Å². The number of carbonyl (C=O) groups excluding carboxylic acids is 2. The number of primary amides is 1. The molecule has 0 aromatic carbocycles. The summed E-state index contributed by atoms with van der Waals surface area (Å²) in [7, 11) is -1.76. The van der Waals surface area contributed by atoms with Gasteiger partial charge in [-0.25, -0.2) is 0 Å². The van der Waals surface area contributed by atoms with E-state index in [1.54, 1.807) is 0 Å². The number of hydrogen-bond acceptors (Lipinski definition) is 3. The summed E-state index contributed by atoms with van der Waals surface area (Å²) in [4.78, 5) is 21.8. The molecule has 0 radical (unpaired) electrons. The molecule has 106 valence electrons. The monoisotopic (exact) mass is 273 g/mol. The van der Waals surface area contributed by atoms with Crippen LogP contribution in [0.3, 0.4) is 0 Å². The summed E-state index contributed by atoms with van der Waals surface area (Å²) in [6.07, 6.45) is 1.30. The molecule has 0 bridgehead atoms.